The van der Waals surface area contributed by atoms with E-state index in [4.69, 9.17) is 10.00 Å². The predicted molar refractivity (Wildman–Crippen MR) is 86.1 cm³/mol. The van der Waals surface area contributed by atoms with Crippen LogP contribution in [-0.2, 0) is 0 Å². The van der Waals surface area contributed by atoms with Gasteiger partial charge in [-0.25, -0.2) is 0 Å². The van der Waals surface area contributed by atoms with Gasteiger partial charge >= 0.3 is 0 Å². The molecule has 0 saturated heterocycles. The van der Waals surface area contributed by atoms with Gasteiger partial charge in [-0.2, -0.15) is 5.26 Å². The lowest BCUT2D eigenvalue weighted by molar-refractivity contribution is 0.306. The molecule has 2 heteroatoms. The molecule has 2 aromatic rings. The molecule has 0 unspecified atom stereocenters. The number of hydrogen-bond donors (Lipinski definition) is 0. The van der Waals surface area contributed by atoms with Gasteiger partial charge in [-0.05, 0) is 24.5 Å². The molecule has 0 atom stereocenters. The molecular weight excluding hydrogens is 258 g/mol. The molecule has 108 valence electrons. The lowest BCUT2D eigenvalue weighted by Crippen LogP contribution is -1.98. The van der Waals surface area contributed by atoms with E-state index in [9.17, 15) is 0 Å². The maximum Gasteiger partial charge on any atom is 0.127 e. The van der Waals surface area contributed by atoms with Crippen molar-refractivity contribution in [3.8, 4) is 22.9 Å². The van der Waals surface area contributed by atoms with Crippen molar-refractivity contribution in [2.45, 2.75) is 32.1 Å². The molecule has 21 heavy (non-hydrogen) atoms. The number of ether oxygens (including phenoxy) is 1. The van der Waals surface area contributed by atoms with Gasteiger partial charge in [0.15, 0.2) is 0 Å². The highest BCUT2D eigenvalue weighted by molar-refractivity contribution is 5.70. The fourth-order valence-corrected chi connectivity index (χ4v) is 2.29. The number of nitrogens with zero attached hydrogens (tertiary/aromatic N) is 1. The second kappa shape index (κ2) is 8.81. The van der Waals surface area contributed by atoms with Crippen LogP contribution < -0.4 is 4.74 Å². The van der Waals surface area contributed by atoms with E-state index in [-0.39, 0.29) is 0 Å². The Morgan fingerprint density at radius 3 is 2.33 bits per heavy atom. The Hall–Kier alpha value is -2.27. The number of rotatable bonds is 8. The third-order valence-electron chi connectivity index (χ3n) is 3.41. The fraction of sp³-hybridized carbons (Fsp3) is 0.316. The van der Waals surface area contributed by atoms with Crippen molar-refractivity contribution >= 4 is 0 Å². The molecule has 0 aliphatic heterocycles. The van der Waals surface area contributed by atoms with Crippen LogP contribution in [0.5, 0.6) is 5.75 Å². The van der Waals surface area contributed by atoms with Crippen LogP contribution >= 0.6 is 0 Å². The van der Waals surface area contributed by atoms with E-state index in [1.807, 2.05) is 36.4 Å². The Morgan fingerprint density at radius 2 is 1.52 bits per heavy atom. The van der Waals surface area contributed by atoms with Crippen molar-refractivity contribution in [2.75, 3.05) is 6.61 Å². The minimum atomic E-state index is 0.664. The summed E-state index contributed by atoms with van der Waals surface area (Å²) in [6, 6.07) is 20.7. The van der Waals surface area contributed by atoms with E-state index < -0.39 is 0 Å². The standard InChI is InChI=1S/C19H21NO/c20-15-9-2-1-3-10-16-21-19-14-8-7-13-18(19)17-11-5-4-6-12-17/h4-8,11-14H,1-3,9-10,16H2. The van der Waals surface area contributed by atoms with Gasteiger partial charge in [0.2, 0.25) is 0 Å². The first-order chi connectivity index (χ1) is 10.4. The van der Waals surface area contributed by atoms with Crippen molar-refractivity contribution < 1.29 is 4.74 Å². The molecule has 0 amide bonds. The topological polar surface area (TPSA) is 33.0 Å². The highest BCUT2D eigenvalue weighted by atomic mass is 16.5. The van der Waals surface area contributed by atoms with Crippen LogP contribution in [0.15, 0.2) is 54.6 Å². The Labute approximate surface area is 127 Å². The molecule has 0 aliphatic carbocycles. The fourth-order valence-electron chi connectivity index (χ4n) is 2.29. The summed E-state index contributed by atoms with van der Waals surface area (Å²) in [5, 5.41) is 8.48. The average Bonchev–Trinajstić information content (AvgIpc) is 2.55. The van der Waals surface area contributed by atoms with Crippen molar-refractivity contribution in [2.24, 2.45) is 0 Å². The van der Waals surface area contributed by atoms with Gasteiger partial charge in [0.05, 0.1) is 12.7 Å². The van der Waals surface area contributed by atoms with Gasteiger partial charge in [0, 0.05) is 12.0 Å². The van der Waals surface area contributed by atoms with E-state index in [1.165, 1.54) is 5.56 Å². The normalized spacial score (nSPS) is 10.0. The second-order valence-electron chi connectivity index (χ2n) is 5.03. The Kier molecular flexibility index (Phi) is 6.35. The number of unbranched alkanes of at least 4 members (excludes halogenated alkanes) is 4. The molecule has 0 radical (unpaired) electrons. The molecular formula is C19H21NO. The maximum atomic E-state index is 8.48. The summed E-state index contributed by atoms with van der Waals surface area (Å²) in [5.74, 6) is 0.945. The van der Waals surface area contributed by atoms with Crippen LogP contribution in [0.4, 0.5) is 0 Å². The van der Waals surface area contributed by atoms with Crippen LogP contribution in [0.25, 0.3) is 11.1 Å². The molecule has 0 aliphatic rings. The Morgan fingerprint density at radius 1 is 0.810 bits per heavy atom. The monoisotopic (exact) mass is 279 g/mol. The Bertz CT molecular complexity index is 572. The highest BCUT2D eigenvalue weighted by Gasteiger charge is 2.04. The quantitative estimate of drug-likeness (QED) is 0.622. The van der Waals surface area contributed by atoms with Gasteiger partial charge in [-0.3, -0.25) is 0 Å². The molecule has 2 rings (SSSR count). The maximum absolute atomic E-state index is 8.48. The first-order valence-electron chi connectivity index (χ1n) is 7.56. The summed E-state index contributed by atoms with van der Waals surface area (Å²) in [5.41, 5.74) is 2.32. The van der Waals surface area contributed by atoms with E-state index >= 15 is 0 Å². The molecule has 2 nitrogen and oxygen atoms in total. The molecule has 0 aromatic heterocycles. The van der Waals surface area contributed by atoms with Crippen LogP contribution in [-0.4, -0.2) is 6.61 Å². The summed E-state index contributed by atoms with van der Waals surface area (Å²) in [6.45, 7) is 0.733. The molecule has 0 N–H and O–H groups in total. The van der Waals surface area contributed by atoms with Crippen LogP contribution in [0.1, 0.15) is 32.1 Å². The SMILES string of the molecule is N#CCCCCCCOc1ccccc1-c1ccccc1. The first-order valence-corrected chi connectivity index (χ1v) is 7.56. The number of hydrogen-bond acceptors (Lipinski definition) is 2. The molecule has 0 spiro atoms. The lowest BCUT2D eigenvalue weighted by atomic mass is 10.1. The van der Waals surface area contributed by atoms with Crippen LogP contribution in [0, 0.1) is 11.3 Å². The summed E-state index contributed by atoms with van der Waals surface area (Å²) in [6.07, 6.45) is 4.93. The lowest BCUT2D eigenvalue weighted by Gasteiger charge is -2.11. The summed E-state index contributed by atoms with van der Waals surface area (Å²) in [4.78, 5) is 0. The summed E-state index contributed by atoms with van der Waals surface area (Å²) in [7, 11) is 0. The van der Waals surface area contributed by atoms with E-state index in [0.29, 0.717) is 6.42 Å². The van der Waals surface area contributed by atoms with Gasteiger partial charge < -0.3 is 4.74 Å². The zero-order chi connectivity index (χ0) is 14.8. The third kappa shape index (κ3) is 4.96. The molecule has 2 aromatic carbocycles. The van der Waals surface area contributed by atoms with Gasteiger partial charge in [-0.1, -0.05) is 61.4 Å². The molecule has 0 bridgehead atoms. The van der Waals surface area contributed by atoms with Crippen LogP contribution in [0.2, 0.25) is 0 Å². The number of nitriles is 1. The number of benzene rings is 2. The van der Waals surface area contributed by atoms with E-state index in [1.54, 1.807) is 0 Å². The van der Waals surface area contributed by atoms with Crippen LogP contribution in [0.3, 0.4) is 0 Å². The minimum absolute atomic E-state index is 0.664. The second-order valence-corrected chi connectivity index (χ2v) is 5.03. The van der Waals surface area contributed by atoms with Gasteiger partial charge in [0.1, 0.15) is 5.75 Å². The minimum Gasteiger partial charge on any atom is -0.493 e. The Balaban J connectivity index is 1.85. The van der Waals surface area contributed by atoms with Gasteiger partial charge in [0.25, 0.3) is 0 Å². The first kappa shape index (κ1) is 15.1. The summed E-state index contributed by atoms with van der Waals surface area (Å²) >= 11 is 0. The van der Waals surface area contributed by atoms with Crippen molar-refractivity contribution in [1.29, 1.82) is 5.26 Å². The smallest absolute Gasteiger partial charge is 0.127 e. The van der Waals surface area contributed by atoms with Crippen molar-refractivity contribution in [3.05, 3.63) is 54.6 Å². The largest absolute Gasteiger partial charge is 0.493 e. The van der Waals surface area contributed by atoms with E-state index in [2.05, 4.69) is 24.3 Å². The predicted octanol–water partition coefficient (Wildman–Crippen LogP) is 5.21. The molecule has 0 saturated carbocycles. The van der Waals surface area contributed by atoms with Gasteiger partial charge in [-0.15, -0.1) is 0 Å². The third-order valence-corrected chi connectivity index (χ3v) is 3.41. The summed E-state index contributed by atoms with van der Waals surface area (Å²) < 4.78 is 5.93. The number of para-hydroxylation sites is 1. The van der Waals surface area contributed by atoms with E-state index in [0.717, 1.165) is 43.6 Å². The zero-order valence-corrected chi connectivity index (χ0v) is 12.3. The highest BCUT2D eigenvalue weighted by Crippen LogP contribution is 2.29. The molecule has 0 heterocycles. The molecule has 0 fully saturated rings. The van der Waals surface area contributed by atoms with Crippen molar-refractivity contribution in [3.63, 3.8) is 0 Å². The zero-order valence-electron chi connectivity index (χ0n) is 12.3. The average molecular weight is 279 g/mol. The van der Waals surface area contributed by atoms with Crippen molar-refractivity contribution in [1.82, 2.24) is 0 Å².